The summed E-state index contributed by atoms with van der Waals surface area (Å²) < 4.78 is 40.1. The number of amides is 5. The lowest BCUT2D eigenvalue weighted by Gasteiger charge is -2.33. The molecular weight excluding hydrogens is 571 g/mol. The highest BCUT2D eigenvalue weighted by Gasteiger charge is 2.32. The third-order valence-electron chi connectivity index (χ3n) is 6.70. The number of hydrogen-bond donors (Lipinski definition) is 5. The van der Waals surface area contributed by atoms with E-state index in [-0.39, 0.29) is 29.6 Å². The lowest BCUT2D eigenvalue weighted by molar-refractivity contribution is -0.137. The van der Waals surface area contributed by atoms with Gasteiger partial charge in [0.05, 0.1) is 23.4 Å². The van der Waals surface area contributed by atoms with Gasteiger partial charge in [-0.05, 0) is 67.5 Å². The van der Waals surface area contributed by atoms with Crippen molar-refractivity contribution in [1.29, 1.82) is 0 Å². The summed E-state index contributed by atoms with van der Waals surface area (Å²) in [6, 6.07) is 8.17. The largest absolute Gasteiger partial charge is 0.416 e. The van der Waals surface area contributed by atoms with Crippen LogP contribution < -0.4 is 26.6 Å². The summed E-state index contributed by atoms with van der Waals surface area (Å²) in [6.45, 7) is 3.55. The fourth-order valence-electron chi connectivity index (χ4n) is 4.46. The van der Waals surface area contributed by atoms with Crippen LogP contribution in [0.2, 0.25) is 0 Å². The van der Waals surface area contributed by atoms with Crippen molar-refractivity contribution in [1.82, 2.24) is 21.3 Å². The van der Waals surface area contributed by atoms with Gasteiger partial charge < -0.3 is 26.6 Å². The zero-order valence-corrected chi connectivity index (χ0v) is 24.5. The van der Waals surface area contributed by atoms with E-state index in [2.05, 4.69) is 26.6 Å². The highest BCUT2D eigenvalue weighted by molar-refractivity contribution is 7.98. The molecule has 0 radical (unpaired) electrons. The van der Waals surface area contributed by atoms with Gasteiger partial charge in [-0.2, -0.15) is 13.2 Å². The molecule has 1 aliphatic rings. The third-order valence-corrected chi connectivity index (χ3v) is 7.44. The van der Waals surface area contributed by atoms with E-state index in [4.69, 9.17) is 0 Å². The molecule has 13 heteroatoms. The van der Waals surface area contributed by atoms with Crippen LogP contribution in [0.25, 0.3) is 0 Å². The molecule has 2 aromatic rings. The normalized spacial score (nSPS) is 16.8. The molecule has 228 valence electrons. The Kier molecular flexibility index (Phi) is 11.7. The molecule has 1 saturated carbocycles. The maximum Gasteiger partial charge on any atom is 0.416 e. The fraction of sp³-hybridized carbons (Fsp3) is 0.448. The minimum Gasteiger partial charge on any atom is -0.350 e. The molecule has 9 nitrogen and oxygen atoms in total. The van der Waals surface area contributed by atoms with Gasteiger partial charge in [-0.25, -0.2) is 4.79 Å². The van der Waals surface area contributed by atoms with Crippen LogP contribution in [0.1, 0.15) is 65.8 Å². The van der Waals surface area contributed by atoms with Crippen molar-refractivity contribution >= 4 is 41.2 Å². The van der Waals surface area contributed by atoms with Gasteiger partial charge in [-0.15, -0.1) is 11.8 Å². The second kappa shape index (κ2) is 14.9. The molecule has 0 spiro atoms. The average molecular weight is 608 g/mol. The van der Waals surface area contributed by atoms with Gasteiger partial charge in [0.1, 0.15) is 0 Å². The smallest absolute Gasteiger partial charge is 0.350 e. The number of hydrogen-bond acceptors (Lipinski definition) is 5. The zero-order chi connectivity index (χ0) is 30.9. The Bertz CT molecular complexity index is 1270. The van der Waals surface area contributed by atoms with Crippen LogP contribution in [0.3, 0.4) is 0 Å². The highest BCUT2D eigenvalue weighted by atomic mass is 32.2. The van der Waals surface area contributed by atoms with Crippen LogP contribution in [0.4, 0.5) is 23.7 Å². The molecule has 42 heavy (non-hydrogen) atoms. The number of nitrogens with one attached hydrogen (secondary N) is 5. The summed E-state index contributed by atoms with van der Waals surface area (Å²) in [5.41, 5.74) is -1.15. The zero-order valence-electron chi connectivity index (χ0n) is 23.7. The van der Waals surface area contributed by atoms with Gasteiger partial charge in [0, 0.05) is 29.1 Å². The average Bonchev–Trinajstić information content (AvgIpc) is 2.95. The first-order valence-corrected chi connectivity index (χ1v) is 14.9. The van der Waals surface area contributed by atoms with Crippen molar-refractivity contribution in [2.45, 2.75) is 62.7 Å². The fourth-order valence-corrected chi connectivity index (χ4v) is 4.87. The highest BCUT2D eigenvalue weighted by Crippen LogP contribution is 2.32. The first-order chi connectivity index (χ1) is 19.9. The number of thioether (sulfide) groups is 1. The van der Waals surface area contributed by atoms with Gasteiger partial charge >= 0.3 is 12.2 Å². The molecule has 0 bridgehead atoms. The molecule has 0 aromatic heterocycles. The van der Waals surface area contributed by atoms with Crippen molar-refractivity contribution in [2.24, 2.45) is 5.92 Å². The quantitative estimate of drug-likeness (QED) is 0.248. The number of anilines is 1. The van der Waals surface area contributed by atoms with E-state index in [0.717, 1.165) is 29.9 Å². The first-order valence-electron chi connectivity index (χ1n) is 13.7. The maximum atomic E-state index is 13.4. The van der Waals surface area contributed by atoms with Crippen LogP contribution in [-0.2, 0) is 11.0 Å². The maximum absolute atomic E-state index is 13.4. The van der Waals surface area contributed by atoms with Crippen LogP contribution >= 0.6 is 11.8 Å². The Balaban J connectivity index is 1.63. The summed E-state index contributed by atoms with van der Waals surface area (Å²) in [6.07, 6.45) is 0.199. The summed E-state index contributed by atoms with van der Waals surface area (Å²) in [7, 11) is 0. The summed E-state index contributed by atoms with van der Waals surface area (Å²) >= 11 is 1.56. The van der Waals surface area contributed by atoms with E-state index in [9.17, 15) is 32.3 Å². The van der Waals surface area contributed by atoms with Crippen molar-refractivity contribution in [3.8, 4) is 0 Å². The molecular formula is C29H36F3N5O4S. The Morgan fingerprint density at radius 2 is 1.55 bits per heavy atom. The summed E-state index contributed by atoms with van der Waals surface area (Å²) in [5.74, 6) is -1.65. The van der Waals surface area contributed by atoms with E-state index < -0.39 is 41.7 Å². The molecule has 3 rings (SSSR count). The number of urea groups is 1. The van der Waals surface area contributed by atoms with Crippen molar-refractivity contribution in [3.05, 3.63) is 59.2 Å². The van der Waals surface area contributed by atoms with Crippen molar-refractivity contribution < 1.29 is 32.3 Å². The Labute approximate surface area is 247 Å². The van der Waals surface area contributed by atoms with Gasteiger partial charge in [-0.3, -0.25) is 14.4 Å². The number of halogens is 3. The topological polar surface area (TPSA) is 128 Å². The van der Waals surface area contributed by atoms with Crippen molar-refractivity contribution in [3.63, 3.8) is 0 Å². The van der Waals surface area contributed by atoms with E-state index in [1.54, 1.807) is 23.9 Å². The van der Waals surface area contributed by atoms with Gasteiger partial charge in [0.2, 0.25) is 5.91 Å². The molecule has 5 amide bonds. The third kappa shape index (κ3) is 9.68. The van der Waals surface area contributed by atoms with E-state index in [1.165, 1.54) is 0 Å². The number of carbonyl (C=O) groups is 4. The Hall–Kier alpha value is -3.74. The van der Waals surface area contributed by atoms with E-state index in [1.807, 2.05) is 32.2 Å². The number of carbonyl (C=O) groups excluding carboxylic acids is 4. The molecule has 0 heterocycles. The monoisotopic (exact) mass is 607 g/mol. The molecule has 2 aromatic carbocycles. The minimum atomic E-state index is -4.72. The van der Waals surface area contributed by atoms with Crippen LogP contribution in [-0.4, -0.2) is 55.2 Å². The van der Waals surface area contributed by atoms with E-state index >= 15 is 0 Å². The molecule has 2 atom stereocenters. The van der Waals surface area contributed by atoms with Gasteiger partial charge in [0.15, 0.2) is 0 Å². The Morgan fingerprint density at radius 3 is 2.14 bits per heavy atom. The molecule has 1 fully saturated rings. The SMILES string of the molecule is CSc1ccc(C(=O)N[C@H]2CCCC[C@H]2NC(=O)CNC(=O)c2cc(C(F)(F)F)ccc2NC(=O)NCC(C)C)cc1. The van der Waals surface area contributed by atoms with Crippen molar-refractivity contribution in [2.75, 3.05) is 24.7 Å². The van der Waals surface area contributed by atoms with E-state index in [0.29, 0.717) is 31.0 Å². The lowest BCUT2D eigenvalue weighted by Crippen LogP contribution is -2.54. The lowest BCUT2D eigenvalue weighted by atomic mass is 9.90. The number of rotatable bonds is 10. The summed E-state index contributed by atoms with van der Waals surface area (Å²) in [5, 5.41) is 13.1. The Morgan fingerprint density at radius 1 is 0.905 bits per heavy atom. The standard InChI is InChI=1S/C29H36F3N5O4S/c1-17(2)15-34-28(41)37-22-13-10-19(29(30,31)32)14-21(22)27(40)33-16-25(38)35-23-6-4-5-7-24(23)36-26(39)18-8-11-20(42-3)12-9-18/h8-14,17,23-24H,4-7,15-16H2,1-3H3,(H,33,40)(H,35,38)(H,36,39)(H2,34,37,41)/t23-,24+/m1/s1. The minimum absolute atomic E-state index is 0.133. The van der Waals surface area contributed by atoms with Crippen LogP contribution in [0, 0.1) is 5.92 Å². The van der Waals surface area contributed by atoms with Gasteiger partial charge in [0.25, 0.3) is 11.8 Å². The second-order valence-corrected chi connectivity index (χ2v) is 11.3. The summed E-state index contributed by atoms with van der Waals surface area (Å²) in [4.78, 5) is 51.7. The van der Waals surface area contributed by atoms with Crippen LogP contribution in [0.15, 0.2) is 47.4 Å². The second-order valence-electron chi connectivity index (χ2n) is 10.4. The first kappa shape index (κ1) is 32.8. The predicted octanol–water partition coefficient (Wildman–Crippen LogP) is 4.79. The molecule has 1 aliphatic carbocycles. The number of benzene rings is 2. The predicted molar refractivity (Wildman–Crippen MR) is 156 cm³/mol. The van der Waals surface area contributed by atoms with Gasteiger partial charge in [-0.1, -0.05) is 26.7 Å². The van der Waals surface area contributed by atoms with Crippen LogP contribution in [0.5, 0.6) is 0 Å². The molecule has 0 unspecified atom stereocenters. The molecule has 5 N–H and O–H groups in total. The number of alkyl halides is 3. The molecule has 0 saturated heterocycles. The molecule has 0 aliphatic heterocycles.